The van der Waals surface area contributed by atoms with Crippen LogP contribution in [-0.2, 0) is 0 Å². The number of nitrogens with one attached hydrogen (secondary N) is 1. The summed E-state index contributed by atoms with van der Waals surface area (Å²) in [6.07, 6.45) is 2.45. The molecule has 0 spiro atoms. The third-order valence-electron chi connectivity index (χ3n) is 4.10. The highest BCUT2D eigenvalue weighted by Crippen LogP contribution is 2.23. The average Bonchev–Trinajstić information content (AvgIpc) is 2.31. The zero-order chi connectivity index (χ0) is 13.5. The van der Waals surface area contributed by atoms with Crippen LogP contribution in [0.15, 0.2) is 0 Å². The molecule has 0 amide bonds. The molecule has 17 heavy (non-hydrogen) atoms. The van der Waals surface area contributed by atoms with Crippen LogP contribution in [0, 0.1) is 5.41 Å². The van der Waals surface area contributed by atoms with Crippen molar-refractivity contribution < 1.29 is 0 Å². The Hall–Kier alpha value is -0.0800. The predicted octanol–water partition coefficient (Wildman–Crippen LogP) is 3.52. The van der Waals surface area contributed by atoms with Crippen LogP contribution in [0.4, 0.5) is 0 Å². The van der Waals surface area contributed by atoms with Gasteiger partial charge in [0.25, 0.3) is 0 Å². The molecule has 0 aromatic carbocycles. The summed E-state index contributed by atoms with van der Waals surface area (Å²) in [6.45, 7) is 19.6. The molecule has 0 aliphatic heterocycles. The molecule has 0 radical (unpaired) electrons. The molecule has 0 fully saturated rings. The van der Waals surface area contributed by atoms with Crippen LogP contribution in [-0.4, -0.2) is 36.6 Å². The van der Waals surface area contributed by atoms with Crippen molar-refractivity contribution in [1.29, 1.82) is 0 Å². The molecule has 0 saturated heterocycles. The minimum absolute atomic E-state index is 0.328. The summed E-state index contributed by atoms with van der Waals surface area (Å²) in [4.78, 5) is 2.60. The molecule has 1 N–H and O–H groups in total. The fourth-order valence-corrected chi connectivity index (χ4v) is 2.14. The maximum absolute atomic E-state index is 3.63. The zero-order valence-corrected chi connectivity index (χ0v) is 13.1. The van der Waals surface area contributed by atoms with Gasteiger partial charge in [-0.2, -0.15) is 0 Å². The maximum atomic E-state index is 3.63. The van der Waals surface area contributed by atoms with Gasteiger partial charge in [0.15, 0.2) is 0 Å². The van der Waals surface area contributed by atoms with Gasteiger partial charge in [-0.25, -0.2) is 0 Å². The van der Waals surface area contributed by atoms with Gasteiger partial charge in [-0.15, -0.1) is 0 Å². The van der Waals surface area contributed by atoms with Crippen LogP contribution >= 0.6 is 0 Å². The molecule has 2 nitrogen and oxygen atoms in total. The predicted molar refractivity (Wildman–Crippen MR) is 78.5 cm³/mol. The summed E-state index contributed by atoms with van der Waals surface area (Å²) >= 11 is 0. The summed E-state index contributed by atoms with van der Waals surface area (Å²) in [5, 5.41) is 3.63. The topological polar surface area (TPSA) is 15.3 Å². The molecule has 0 aromatic rings. The summed E-state index contributed by atoms with van der Waals surface area (Å²) in [5.41, 5.74) is 0.328. The van der Waals surface area contributed by atoms with E-state index in [1.54, 1.807) is 0 Å². The molecule has 0 rings (SSSR count). The van der Waals surface area contributed by atoms with Crippen molar-refractivity contribution in [3.05, 3.63) is 0 Å². The van der Waals surface area contributed by atoms with Gasteiger partial charge in [0.2, 0.25) is 0 Å². The van der Waals surface area contributed by atoms with E-state index in [4.69, 9.17) is 0 Å². The van der Waals surface area contributed by atoms with E-state index in [1.165, 1.54) is 19.4 Å². The Balaban J connectivity index is 4.38. The van der Waals surface area contributed by atoms with Crippen molar-refractivity contribution in [3.8, 4) is 0 Å². The number of nitrogens with zero attached hydrogens (tertiary/aromatic N) is 1. The lowest BCUT2D eigenvalue weighted by Crippen LogP contribution is -2.49. The Kier molecular flexibility index (Phi) is 8.06. The number of rotatable bonds is 9. The van der Waals surface area contributed by atoms with Gasteiger partial charge in [-0.1, -0.05) is 34.6 Å². The standard InChI is InChI=1S/C15H34N2/c1-8-11-16-14(5)15(6,7)12-17(10-3)13(4)9-2/h13-14,16H,8-12H2,1-7H3. The average molecular weight is 242 g/mol. The van der Waals surface area contributed by atoms with Crippen molar-refractivity contribution in [2.45, 2.75) is 73.4 Å². The first kappa shape index (κ1) is 16.9. The summed E-state index contributed by atoms with van der Waals surface area (Å²) in [7, 11) is 0. The van der Waals surface area contributed by atoms with Crippen LogP contribution in [0.3, 0.4) is 0 Å². The van der Waals surface area contributed by atoms with E-state index in [9.17, 15) is 0 Å². The second kappa shape index (κ2) is 8.10. The molecule has 2 atom stereocenters. The Morgan fingerprint density at radius 2 is 1.71 bits per heavy atom. The Bertz CT molecular complexity index is 189. The van der Waals surface area contributed by atoms with Crippen molar-refractivity contribution in [1.82, 2.24) is 10.2 Å². The third-order valence-corrected chi connectivity index (χ3v) is 4.10. The SMILES string of the molecule is CCCNC(C)C(C)(C)CN(CC)C(C)CC. The van der Waals surface area contributed by atoms with E-state index in [0.717, 1.165) is 13.1 Å². The van der Waals surface area contributed by atoms with E-state index in [2.05, 4.69) is 58.7 Å². The third kappa shape index (κ3) is 5.87. The Morgan fingerprint density at radius 1 is 1.12 bits per heavy atom. The molecule has 0 heterocycles. The van der Waals surface area contributed by atoms with E-state index in [1.807, 2.05) is 0 Å². The minimum Gasteiger partial charge on any atom is -0.314 e. The zero-order valence-electron chi connectivity index (χ0n) is 13.1. The fourth-order valence-electron chi connectivity index (χ4n) is 2.14. The molecular formula is C15H34N2. The molecule has 0 aliphatic carbocycles. The molecule has 0 aromatic heterocycles. The van der Waals surface area contributed by atoms with Crippen LogP contribution in [0.25, 0.3) is 0 Å². The van der Waals surface area contributed by atoms with Gasteiger partial charge in [-0.3, -0.25) is 0 Å². The minimum atomic E-state index is 0.328. The van der Waals surface area contributed by atoms with Crippen molar-refractivity contribution in [2.24, 2.45) is 5.41 Å². The Morgan fingerprint density at radius 3 is 2.12 bits per heavy atom. The van der Waals surface area contributed by atoms with Crippen LogP contribution in [0.5, 0.6) is 0 Å². The van der Waals surface area contributed by atoms with Gasteiger partial charge in [0, 0.05) is 18.6 Å². The summed E-state index contributed by atoms with van der Waals surface area (Å²) in [6, 6.07) is 1.26. The summed E-state index contributed by atoms with van der Waals surface area (Å²) < 4.78 is 0. The first-order chi connectivity index (χ1) is 7.88. The lowest BCUT2D eigenvalue weighted by molar-refractivity contribution is 0.114. The first-order valence-electron chi connectivity index (χ1n) is 7.36. The lowest BCUT2D eigenvalue weighted by atomic mass is 9.84. The molecule has 0 aliphatic rings. The highest BCUT2D eigenvalue weighted by molar-refractivity contribution is 4.84. The van der Waals surface area contributed by atoms with Gasteiger partial charge in [-0.05, 0) is 45.2 Å². The number of hydrogen-bond donors (Lipinski definition) is 1. The molecule has 2 unspecified atom stereocenters. The smallest absolute Gasteiger partial charge is 0.0102 e. The summed E-state index contributed by atoms with van der Waals surface area (Å²) in [5.74, 6) is 0. The van der Waals surface area contributed by atoms with Gasteiger partial charge < -0.3 is 10.2 Å². The van der Waals surface area contributed by atoms with E-state index >= 15 is 0 Å². The van der Waals surface area contributed by atoms with Crippen LogP contribution in [0.1, 0.15) is 61.3 Å². The highest BCUT2D eigenvalue weighted by atomic mass is 15.2. The maximum Gasteiger partial charge on any atom is 0.0102 e. The van der Waals surface area contributed by atoms with Crippen molar-refractivity contribution >= 4 is 0 Å². The van der Waals surface area contributed by atoms with Gasteiger partial charge in [0.05, 0.1) is 0 Å². The quantitative estimate of drug-likeness (QED) is 0.665. The molecule has 104 valence electrons. The van der Waals surface area contributed by atoms with E-state index in [-0.39, 0.29) is 0 Å². The van der Waals surface area contributed by atoms with Crippen LogP contribution < -0.4 is 5.32 Å². The van der Waals surface area contributed by atoms with Gasteiger partial charge >= 0.3 is 0 Å². The second-order valence-electron chi connectivity index (χ2n) is 5.98. The van der Waals surface area contributed by atoms with Crippen molar-refractivity contribution in [2.75, 3.05) is 19.6 Å². The van der Waals surface area contributed by atoms with Gasteiger partial charge in [0.1, 0.15) is 0 Å². The molecule has 2 heteroatoms. The highest BCUT2D eigenvalue weighted by Gasteiger charge is 2.28. The monoisotopic (exact) mass is 242 g/mol. The Labute approximate surface area is 109 Å². The van der Waals surface area contributed by atoms with Crippen molar-refractivity contribution in [3.63, 3.8) is 0 Å². The second-order valence-corrected chi connectivity index (χ2v) is 5.98. The molecule has 0 bridgehead atoms. The normalized spacial score (nSPS) is 16.2. The van der Waals surface area contributed by atoms with E-state index < -0.39 is 0 Å². The van der Waals surface area contributed by atoms with E-state index in [0.29, 0.717) is 17.5 Å². The van der Waals surface area contributed by atoms with Crippen LogP contribution in [0.2, 0.25) is 0 Å². The fraction of sp³-hybridized carbons (Fsp3) is 1.00. The lowest BCUT2D eigenvalue weighted by Gasteiger charge is -2.39. The number of hydrogen-bond acceptors (Lipinski definition) is 2. The molecule has 0 saturated carbocycles. The largest absolute Gasteiger partial charge is 0.314 e. The molecular weight excluding hydrogens is 208 g/mol. The first-order valence-corrected chi connectivity index (χ1v) is 7.36.